The number of carbonyl (C=O) groups excluding carboxylic acids is 2. The molecule has 21 heavy (non-hydrogen) atoms. The molecule has 2 N–H and O–H groups in total. The number of hydrogen-bond donors (Lipinski definition) is 2. The van der Waals surface area contributed by atoms with Gasteiger partial charge in [-0.1, -0.05) is 12.1 Å². The molecule has 0 radical (unpaired) electrons. The number of nitrogens with one attached hydrogen (secondary N) is 2. The smallest absolute Gasteiger partial charge is 0.251 e. The zero-order valence-corrected chi connectivity index (χ0v) is 12.7. The number of carbonyl (C=O) groups is 2. The minimum Gasteiger partial charge on any atom is -0.355 e. The summed E-state index contributed by atoms with van der Waals surface area (Å²) in [4.78, 5) is 25.4. The fourth-order valence-corrected chi connectivity index (χ4v) is 2.56. The zero-order valence-electron chi connectivity index (χ0n) is 12.7. The van der Waals surface area contributed by atoms with Crippen LogP contribution in [-0.4, -0.2) is 43.9 Å². The maximum absolute atomic E-state index is 12.2. The summed E-state index contributed by atoms with van der Waals surface area (Å²) < 4.78 is 0. The Bertz CT molecular complexity index is 493. The van der Waals surface area contributed by atoms with Crippen molar-refractivity contribution in [3.8, 4) is 0 Å². The molecule has 0 aromatic heterocycles. The van der Waals surface area contributed by atoms with E-state index in [-0.39, 0.29) is 11.8 Å². The van der Waals surface area contributed by atoms with Crippen molar-refractivity contribution in [2.45, 2.75) is 19.4 Å². The maximum Gasteiger partial charge on any atom is 0.251 e. The summed E-state index contributed by atoms with van der Waals surface area (Å²) in [5.41, 5.74) is 1.66. The largest absolute Gasteiger partial charge is 0.355 e. The molecule has 0 bridgehead atoms. The van der Waals surface area contributed by atoms with Gasteiger partial charge in [0.1, 0.15) is 0 Å². The maximum atomic E-state index is 12.2. The standard InChI is InChI=1S/C16H23N3O2/c1-17-16(21)14-5-3-12(4-6-14)11-19(2)15(20)9-13-7-8-18-10-13/h3-6,13,18H,7-11H2,1-2H3,(H,17,21). The molecule has 1 unspecified atom stereocenters. The second-order valence-corrected chi connectivity index (χ2v) is 5.59. The van der Waals surface area contributed by atoms with E-state index in [4.69, 9.17) is 0 Å². The van der Waals surface area contributed by atoms with Crippen LogP contribution >= 0.6 is 0 Å². The lowest BCUT2D eigenvalue weighted by molar-refractivity contribution is -0.131. The monoisotopic (exact) mass is 289 g/mol. The van der Waals surface area contributed by atoms with E-state index in [1.165, 1.54) is 0 Å². The fourth-order valence-electron chi connectivity index (χ4n) is 2.56. The van der Waals surface area contributed by atoms with Crippen molar-refractivity contribution in [1.82, 2.24) is 15.5 Å². The van der Waals surface area contributed by atoms with Crippen molar-refractivity contribution >= 4 is 11.8 Å². The average molecular weight is 289 g/mol. The molecule has 1 saturated heterocycles. The number of nitrogens with zero attached hydrogens (tertiary/aromatic N) is 1. The first kappa shape index (κ1) is 15.5. The molecule has 2 rings (SSSR count). The van der Waals surface area contributed by atoms with Gasteiger partial charge >= 0.3 is 0 Å². The van der Waals surface area contributed by atoms with Gasteiger partial charge in [0.05, 0.1) is 0 Å². The Kier molecular flexibility index (Phi) is 5.33. The van der Waals surface area contributed by atoms with Gasteiger partial charge < -0.3 is 15.5 Å². The molecule has 0 aliphatic carbocycles. The van der Waals surface area contributed by atoms with Crippen LogP contribution in [-0.2, 0) is 11.3 Å². The van der Waals surface area contributed by atoms with Gasteiger partial charge in [-0.2, -0.15) is 0 Å². The summed E-state index contributed by atoms with van der Waals surface area (Å²) in [6.07, 6.45) is 1.69. The van der Waals surface area contributed by atoms with E-state index in [0.29, 0.717) is 24.4 Å². The van der Waals surface area contributed by atoms with E-state index in [0.717, 1.165) is 25.1 Å². The van der Waals surface area contributed by atoms with Crippen LogP contribution in [0.25, 0.3) is 0 Å². The highest BCUT2D eigenvalue weighted by atomic mass is 16.2. The third kappa shape index (κ3) is 4.29. The molecule has 1 atom stereocenters. The molecule has 1 fully saturated rings. The van der Waals surface area contributed by atoms with Gasteiger partial charge in [-0.25, -0.2) is 0 Å². The molecular formula is C16H23N3O2. The minimum absolute atomic E-state index is 0.0975. The van der Waals surface area contributed by atoms with Crippen LogP contribution in [0.4, 0.5) is 0 Å². The minimum atomic E-state index is -0.0975. The van der Waals surface area contributed by atoms with Crippen LogP contribution in [0.2, 0.25) is 0 Å². The van der Waals surface area contributed by atoms with E-state index in [9.17, 15) is 9.59 Å². The molecule has 1 heterocycles. The normalized spacial score (nSPS) is 17.5. The SMILES string of the molecule is CNC(=O)c1ccc(CN(C)C(=O)CC2CCNC2)cc1. The van der Waals surface area contributed by atoms with Crippen LogP contribution in [0, 0.1) is 5.92 Å². The van der Waals surface area contributed by atoms with Crippen LogP contribution in [0.5, 0.6) is 0 Å². The van der Waals surface area contributed by atoms with Crippen LogP contribution in [0.1, 0.15) is 28.8 Å². The van der Waals surface area contributed by atoms with E-state index in [2.05, 4.69) is 10.6 Å². The average Bonchev–Trinajstić information content (AvgIpc) is 3.00. The first-order valence-electron chi connectivity index (χ1n) is 7.36. The number of benzene rings is 1. The van der Waals surface area contributed by atoms with Crippen molar-refractivity contribution in [2.75, 3.05) is 27.2 Å². The Labute approximate surface area is 125 Å². The van der Waals surface area contributed by atoms with Gasteiger partial charge in [0, 0.05) is 32.6 Å². The second-order valence-electron chi connectivity index (χ2n) is 5.59. The quantitative estimate of drug-likeness (QED) is 0.850. The van der Waals surface area contributed by atoms with Gasteiger partial charge in [-0.05, 0) is 43.1 Å². The van der Waals surface area contributed by atoms with E-state index in [1.54, 1.807) is 24.1 Å². The highest BCUT2D eigenvalue weighted by molar-refractivity contribution is 5.93. The molecule has 5 nitrogen and oxygen atoms in total. The first-order chi connectivity index (χ1) is 10.1. The molecule has 1 aliphatic rings. The Morgan fingerprint density at radius 2 is 2.05 bits per heavy atom. The molecule has 5 heteroatoms. The molecule has 1 aromatic carbocycles. The highest BCUT2D eigenvalue weighted by Crippen LogP contribution is 2.15. The lowest BCUT2D eigenvalue weighted by atomic mass is 10.0. The third-order valence-corrected chi connectivity index (χ3v) is 3.91. The van der Waals surface area contributed by atoms with E-state index >= 15 is 0 Å². The molecule has 114 valence electrons. The molecule has 0 spiro atoms. The summed E-state index contributed by atoms with van der Waals surface area (Å²) in [7, 11) is 3.44. The van der Waals surface area contributed by atoms with Gasteiger partial charge in [0.15, 0.2) is 0 Å². The fraction of sp³-hybridized carbons (Fsp3) is 0.500. The number of hydrogen-bond acceptors (Lipinski definition) is 3. The highest BCUT2D eigenvalue weighted by Gasteiger charge is 2.20. The summed E-state index contributed by atoms with van der Waals surface area (Å²) in [5, 5.41) is 5.87. The van der Waals surface area contributed by atoms with Gasteiger partial charge in [0.2, 0.25) is 5.91 Å². The Morgan fingerprint density at radius 1 is 1.33 bits per heavy atom. The molecule has 0 saturated carbocycles. The van der Waals surface area contributed by atoms with Gasteiger partial charge in [0.25, 0.3) is 5.91 Å². The Hall–Kier alpha value is -1.88. The van der Waals surface area contributed by atoms with Crippen molar-refractivity contribution in [3.63, 3.8) is 0 Å². The zero-order chi connectivity index (χ0) is 15.2. The van der Waals surface area contributed by atoms with Crippen molar-refractivity contribution in [2.24, 2.45) is 5.92 Å². The summed E-state index contributed by atoms with van der Waals surface area (Å²) >= 11 is 0. The Morgan fingerprint density at radius 3 is 2.62 bits per heavy atom. The van der Waals surface area contributed by atoms with Crippen LogP contribution in [0.15, 0.2) is 24.3 Å². The Balaban J connectivity index is 1.87. The lowest BCUT2D eigenvalue weighted by Gasteiger charge is -2.19. The van der Waals surface area contributed by atoms with E-state index < -0.39 is 0 Å². The summed E-state index contributed by atoms with van der Waals surface area (Å²) in [6.45, 7) is 2.54. The number of rotatable bonds is 5. The molecular weight excluding hydrogens is 266 g/mol. The third-order valence-electron chi connectivity index (χ3n) is 3.91. The lowest BCUT2D eigenvalue weighted by Crippen LogP contribution is -2.28. The van der Waals surface area contributed by atoms with Crippen LogP contribution in [0.3, 0.4) is 0 Å². The second kappa shape index (κ2) is 7.22. The predicted octanol–water partition coefficient (Wildman–Crippen LogP) is 1.00. The number of amides is 2. The summed E-state index contributed by atoms with van der Waals surface area (Å²) in [5.74, 6) is 0.550. The molecule has 1 aliphatic heterocycles. The van der Waals surface area contributed by atoms with Crippen molar-refractivity contribution in [1.29, 1.82) is 0 Å². The van der Waals surface area contributed by atoms with Gasteiger partial charge in [-0.15, -0.1) is 0 Å². The van der Waals surface area contributed by atoms with Crippen molar-refractivity contribution in [3.05, 3.63) is 35.4 Å². The van der Waals surface area contributed by atoms with Crippen LogP contribution < -0.4 is 10.6 Å². The molecule has 1 aromatic rings. The van der Waals surface area contributed by atoms with Gasteiger partial charge in [-0.3, -0.25) is 9.59 Å². The summed E-state index contributed by atoms with van der Waals surface area (Å²) in [6, 6.07) is 7.36. The topological polar surface area (TPSA) is 61.4 Å². The first-order valence-corrected chi connectivity index (χ1v) is 7.36. The molecule has 2 amide bonds. The van der Waals surface area contributed by atoms with E-state index in [1.807, 2.05) is 19.2 Å². The predicted molar refractivity (Wildman–Crippen MR) is 81.9 cm³/mol. The van der Waals surface area contributed by atoms with Crippen molar-refractivity contribution < 1.29 is 9.59 Å².